The molecule has 0 saturated carbocycles. The summed E-state index contributed by atoms with van der Waals surface area (Å²) in [6, 6.07) is 15.6. The normalized spacial score (nSPS) is 14.8. The van der Waals surface area contributed by atoms with Gasteiger partial charge < -0.3 is 14.6 Å². The van der Waals surface area contributed by atoms with E-state index in [0.29, 0.717) is 18.0 Å². The number of nitrogens with zero attached hydrogens (tertiary/aromatic N) is 5. The molecule has 5 rings (SSSR count). The van der Waals surface area contributed by atoms with E-state index in [9.17, 15) is 4.79 Å². The Morgan fingerprint density at radius 1 is 1.15 bits per heavy atom. The minimum absolute atomic E-state index is 0.145. The Kier molecular flexibility index (Phi) is 5.59. The number of ether oxygens (including phenoxy) is 1. The molecule has 1 atom stereocenters. The van der Waals surface area contributed by atoms with Crippen molar-refractivity contribution in [1.29, 1.82) is 0 Å². The van der Waals surface area contributed by atoms with Crippen LogP contribution in [0.15, 0.2) is 53.3 Å². The number of rotatable bonds is 5. The topological polar surface area (TPSA) is 88.9 Å². The number of hydrogen-bond donors (Lipinski definition) is 1. The van der Waals surface area contributed by atoms with Gasteiger partial charge in [-0.15, -0.1) is 5.10 Å². The van der Waals surface area contributed by atoms with E-state index in [1.54, 1.807) is 0 Å². The molecule has 2 aromatic heterocycles. The highest BCUT2D eigenvalue weighted by atomic mass is 16.5. The zero-order valence-electron chi connectivity index (χ0n) is 20.1. The van der Waals surface area contributed by atoms with Gasteiger partial charge >= 0.3 is 0 Å². The SMILES string of the molecule is CCOc1ccc2[nH]c(=O)c(C(c3nnnn3C(C)(C)C)N3CCCc4ccccc43)cc2c1. The van der Waals surface area contributed by atoms with Gasteiger partial charge in [-0.2, -0.15) is 0 Å². The monoisotopic (exact) mass is 458 g/mol. The highest BCUT2D eigenvalue weighted by molar-refractivity contribution is 5.81. The maximum atomic E-state index is 13.5. The molecule has 0 bridgehead atoms. The number of tetrazole rings is 1. The lowest BCUT2D eigenvalue weighted by atomic mass is 9.96. The Morgan fingerprint density at radius 3 is 2.76 bits per heavy atom. The van der Waals surface area contributed by atoms with E-state index < -0.39 is 6.04 Å². The number of para-hydroxylation sites is 1. The van der Waals surface area contributed by atoms with Gasteiger partial charge in [0.25, 0.3) is 5.56 Å². The Balaban J connectivity index is 1.75. The smallest absolute Gasteiger partial charge is 0.254 e. The number of aromatic amines is 1. The van der Waals surface area contributed by atoms with E-state index in [1.807, 2.05) is 41.9 Å². The van der Waals surface area contributed by atoms with Gasteiger partial charge in [0.15, 0.2) is 5.82 Å². The van der Waals surface area contributed by atoms with Crippen molar-refractivity contribution in [3.63, 3.8) is 0 Å². The van der Waals surface area contributed by atoms with Gasteiger partial charge in [0.2, 0.25) is 0 Å². The van der Waals surface area contributed by atoms with Crippen LogP contribution in [0.25, 0.3) is 10.9 Å². The molecule has 0 saturated heterocycles. The summed E-state index contributed by atoms with van der Waals surface area (Å²) in [6.07, 6.45) is 2.00. The third-order valence-corrected chi connectivity index (χ3v) is 6.28. The van der Waals surface area contributed by atoms with Gasteiger partial charge in [-0.3, -0.25) is 4.79 Å². The number of hydrogen-bond acceptors (Lipinski definition) is 6. The van der Waals surface area contributed by atoms with E-state index in [-0.39, 0.29) is 11.1 Å². The highest BCUT2D eigenvalue weighted by Gasteiger charge is 2.35. The molecule has 1 aliphatic heterocycles. The quantitative estimate of drug-likeness (QED) is 0.482. The van der Waals surface area contributed by atoms with E-state index in [4.69, 9.17) is 4.74 Å². The standard InChI is InChI=1S/C26H30N6O2/c1-5-34-19-12-13-21-18(15-19)16-20(25(33)27-21)23(24-28-29-30-32(24)26(2,3)4)31-14-8-10-17-9-6-7-11-22(17)31/h6-7,9,11-13,15-16,23H,5,8,10,14H2,1-4H3,(H,27,33). The van der Waals surface area contributed by atoms with Crippen molar-refractivity contribution in [1.82, 2.24) is 25.2 Å². The van der Waals surface area contributed by atoms with Gasteiger partial charge in [0, 0.05) is 28.7 Å². The number of aryl methyl sites for hydroxylation is 1. The van der Waals surface area contributed by atoms with Crippen molar-refractivity contribution < 1.29 is 4.74 Å². The summed E-state index contributed by atoms with van der Waals surface area (Å²) in [5.41, 5.74) is 3.27. The molecular formula is C26H30N6O2. The first-order chi connectivity index (χ1) is 16.4. The molecule has 1 aliphatic rings. The van der Waals surface area contributed by atoms with Gasteiger partial charge in [-0.05, 0) is 86.9 Å². The Hall–Kier alpha value is -3.68. The van der Waals surface area contributed by atoms with E-state index >= 15 is 0 Å². The molecule has 4 aromatic rings. The van der Waals surface area contributed by atoms with Gasteiger partial charge in [0.1, 0.15) is 11.8 Å². The number of aromatic nitrogens is 5. The largest absolute Gasteiger partial charge is 0.494 e. The van der Waals surface area contributed by atoms with Crippen LogP contribution in [0.2, 0.25) is 0 Å². The maximum Gasteiger partial charge on any atom is 0.254 e. The summed E-state index contributed by atoms with van der Waals surface area (Å²) >= 11 is 0. The van der Waals surface area contributed by atoms with E-state index in [2.05, 4.69) is 64.4 Å². The number of nitrogens with one attached hydrogen (secondary N) is 1. The van der Waals surface area contributed by atoms with Crippen LogP contribution in [0.5, 0.6) is 5.75 Å². The number of anilines is 1. The van der Waals surface area contributed by atoms with Crippen molar-refractivity contribution in [3.8, 4) is 5.75 Å². The van der Waals surface area contributed by atoms with Crippen LogP contribution in [0.1, 0.15) is 57.1 Å². The fourth-order valence-corrected chi connectivity index (χ4v) is 4.78. The fourth-order valence-electron chi connectivity index (χ4n) is 4.78. The predicted octanol–water partition coefficient (Wildman–Crippen LogP) is 4.21. The van der Waals surface area contributed by atoms with Crippen molar-refractivity contribution in [2.45, 2.75) is 52.1 Å². The van der Waals surface area contributed by atoms with Gasteiger partial charge in [-0.1, -0.05) is 18.2 Å². The summed E-state index contributed by atoms with van der Waals surface area (Å²) in [6.45, 7) is 9.52. The second kappa shape index (κ2) is 8.59. The summed E-state index contributed by atoms with van der Waals surface area (Å²) < 4.78 is 7.53. The molecule has 1 unspecified atom stereocenters. The Labute approximate surface area is 198 Å². The average Bonchev–Trinajstić information content (AvgIpc) is 3.30. The lowest BCUT2D eigenvalue weighted by Crippen LogP contribution is -2.40. The second-order valence-corrected chi connectivity index (χ2v) is 9.68. The second-order valence-electron chi connectivity index (χ2n) is 9.68. The molecule has 8 nitrogen and oxygen atoms in total. The average molecular weight is 459 g/mol. The van der Waals surface area contributed by atoms with E-state index in [0.717, 1.165) is 41.7 Å². The van der Waals surface area contributed by atoms with Crippen molar-refractivity contribution in [3.05, 3.63) is 75.8 Å². The molecule has 0 radical (unpaired) electrons. The third-order valence-electron chi connectivity index (χ3n) is 6.28. The molecule has 8 heteroatoms. The molecule has 3 heterocycles. The molecule has 0 spiro atoms. The molecule has 1 N–H and O–H groups in total. The van der Waals surface area contributed by atoms with Crippen LogP contribution in [-0.4, -0.2) is 38.3 Å². The molecule has 0 aliphatic carbocycles. The minimum Gasteiger partial charge on any atom is -0.494 e. The van der Waals surface area contributed by atoms with Crippen LogP contribution in [0.4, 0.5) is 5.69 Å². The number of fused-ring (bicyclic) bond motifs is 2. The molecule has 0 fully saturated rings. The van der Waals surface area contributed by atoms with Crippen LogP contribution in [0.3, 0.4) is 0 Å². The first kappa shape index (κ1) is 22.1. The van der Waals surface area contributed by atoms with Crippen LogP contribution in [-0.2, 0) is 12.0 Å². The molecule has 176 valence electrons. The molecule has 34 heavy (non-hydrogen) atoms. The van der Waals surface area contributed by atoms with Crippen molar-refractivity contribution in [2.24, 2.45) is 0 Å². The molecular weight excluding hydrogens is 428 g/mol. The van der Waals surface area contributed by atoms with Crippen molar-refractivity contribution in [2.75, 3.05) is 18.1 Å². The van der Waals surface area contributed by atoms with Gasteiger partial charge in [0.05, 0.1) is 12.1 Å². The summed E-state index contributed by atoms with van der Waals surface area (Å²) in [4.78, 5) is 18.9. The first-order valence-corrected chi connectivity index (χ1v) is 11.8. The summed E-state index contributed by atoms with van der Waals surface area (Å²) in [5.74, 6) is 1.42. The Bertz CT molecular complexity index is 1380. The van der Waals surface area contributed by atoms with Crippen LogP contribution < -0.4 is 15.2 Å². The number of H-pyrrole nitrogens is 1. The van der Waals surface area contributed by atoms with Crippen LogP contribution >= 0.6 is 0 Å². The third kappa shape index (κ3) is 3.93. The van der Waals surface area contributed by atoms with Crippen LogP contribution in [0, 0.1) is 0 Å². The minimum atomic E-state index is -0.445. The summed E-state index contributed by atoms with van der Waals surface area (Å²) in [7, 11) is 0. The zero-order valence-corrected chi connectivity index (χ0v) is 20.1. The zero-order chi connectivity index (χ0) is 23.9. The number of pyridine rings is 1. The van der Waals surface area contributed by atoms with E-state index in [1.165, 1.54) is 5.56 Å². The molecule has 0 amide bonds. The number of benzene rings is 2. The van der Waals surface area contributed by atoms with Gasteiger partial charge in [-0.25, -0.2) is 4.68 Å². The highest BCUT2D eigenvalue weighted by Crippen LogP contribution is 2.37. The predicted molar refractivity (Wildman–Crippen MR) is 133 cm³/mol. The fraction of sp³-hybridized carbons (Fsp3) is 0.385. The molecule has 2 aromatic carbocycles. The Morgan fingerprint density at radius 2 is 1.97 bits per heavy atom. The first-order valence-electron chi connectivity index (χ1n) is 11.8. The summed E-state index contributed by atoms with van der Waals surface area (Å²) in [5, 5.41) is 13.7. The lowest BCUT2D eigenvalue weighted by Gasteiger charge is -2.38. The van der Waals surface area contributed by atoms with Crippen molar-refractivity contribution >= 4 is 16.6 Å². The lowest BCUT2D eigenvalue weighted by molar-refractivity contribution is 0.329. The maximum absolute atomic E-state index is 13.5.